The number of nitrogens with zero attached hydrogens (tertiary/aromatic N) is 2. The minimum atomic E-state index is -4.39. The van der Waals surface area contributed by atoms with Crippen molar-refractivity contribution < 1.29 is 21.9 Å². The summed E-state index contributed by atoms with van der Waals surface area (Å²) in [6.45, 7) is 0.661. The lowest BCUT2D eigenvalue weighted by Gasteiger charge is -2.36. The zero-order valence-corrected chi connectivity index (χ0v) is 17.4. The molecule has 0 spiro atoms. The van der Waals surface area contributed by atoms with Crippen LogP contribution in [0.1, 0.15) is 25.7 Å². The third-order valence-electron chi connectivity index (χ3n) is 5.75. The first-order valence-corrected chi connectivity index (χ1v) is 11.5. The standard InChI is InChI=1S/C19H24F2N6O3S/c20-13-8-17(31(28,29)27-18-5-6-23-10-24-18)14(21)7-16(13)30-15-4-2-1-3-11(15)12-9-25-26-19(12)22/h5-8,10-12,15,19,25-26H,1-4,9,22H2,(H,23,24,27)/t11-,12?,15+,19?/m1/s1. The van der Waals surface area contributed by atoms with Crippen molar-refractivity contribution in [1.29, 1.82) is 0 Å². The van der Waals surface area contributed by atoms with Gasteiger partial charge in [-0.3, -0.25) is 10.1 Å². The summed E-state index contributed by atoms with van der Waals surface area (Å²) in [5, 5.41) is 0. The number of benzene rings is 1. The van der Waals surface area contributed by atoms with Crippen molar-refractivity contribution in [1.82, 2.24) is 20.8 Å². The van der Waals surface area contributed by atoms with E-state index in [4.69, 9.17) is 10.5 Å². The Morgan fingerprint density at radius 2 is 1.97 bits per heavy atom. The van der Waals surface area contributed by atoms with E-state index in [9.17, 15) is 17.2 Å². The predicted octanol–water partition coefficient (Wildman–Crippen LogP) is 1.50. The average molecular weight is 455 g/mol. The molecule has 1 aliphatic heterocycles. The number of aromatic nitrogens is 2. The largest absolute Gasteiger partial charge is 0.487 e. The molecule has 1 saturated heterocycles. The number of rotatable bonds is 6. The minimum absolute atomic E-state index is 0.0599. The van der Waals surface area contributed by atoms with Crippen molar-refractivity contribution in [2.75, 3.05) is 11.3 Å². The predicted molar refractivity (Wildman–Crippen MR) is 108 cm³/mol. The molecule has 9 nitrogen and oxygen atoms in total. The summed E-state index contributed by atoms with van der Waals surface area (Å²) >= 11 is 0. The molecule has 2 aromatic rings. The van der Waals surface area contributed by atoms with Crippen molar-refractivity contribution >= 4 is 15.8 Å². The SMILES string of the molecule is NC1NNCC1[C@H]1CCCC[C@@H]1Oc1cc(F)c(S(=O)(=O)Nc2ccncn2)cc1F. The van der Waals surface area contributed by atoms with Gasteiger partial charge in [0, 0.05) is 36.7 Å². The van der Waals surface area contributed by atoms with E-state index in [1.165, 1.54) is 12.3 Å². The summed E-state index contributed by atoms with van der Waals surface area (Å²) in [6.07, 6.45) is 5.32. The Balaban J connectivity index is 1.55. The molecule has 2 unspecified atom stereocenters. The number of hydrazine groups is 1. The lowest BCUT2D eigenvalue weighted by atomic mass is 9.77. The molecular formula is C19H24F2N6O3S. The number of anilines is 1. The van der Waals surface area contributed by atoms with Gasteiger partial charge >= 0.3 is 0 Å². The van der Waals surface area contributed by atoms with Crippen molar-refractivity contribution in [3.05, 3.63) is 42.4 Å². The maximum absolute atomic E-state index is 14.8. The summed E-state index contributed by atoms with van der Waals surface area (Å²) in [5.41, 5.74) is 12.1. The molecule has 2 fully saturated rings. The highest BCUT2D eigenvalue weighted by atomic mass is 32.2. The van der Waals surface area contributed by atoms with Crippen molar-refractivity contribution in [2.24, 2.45) is 17.6 Å². The van der Waals surface area contributed by atoms with Gasteiger partial charge in [0.25, 0.3) is 10.0 Å². The van der Waals surface area contributed by atoms with Crippen LogP contribution in [0.3, 0.4) is 0 Å². The molecule has 31 heavy (non-hydrogen) atoms. The van der Waals surface area contributed by atoms with Crippen LogP contribution >= 0.6 is 0 Å². The molecular weight excluding hydrogens is 430 g/mol. The van der Waals surface area contributed by atoms with E-state index < -0.39 is 26.6 Å². The van der Waals surface area contributed by atoms with Crippen LogP contribution in [0.4, 0.5) is 14.6 Å². The van der Waals surface area contributed by atoms with Crippen LogP contribution in [0, 0.1) is 23.5 Å². The Morgan fingerprint density at radius 3 is 2.68 bits per heavy atom. The van der Waals surface area contributed by atoms with Crippen molar-refractivity contribution in [3.63, 3.8) is 0 Å². The molecule has 0 amide bonds. The smallest absolute Gasteiger partial charge is 0.266 e. The number of halogens is 2. The summed E-state index contributed by atoms with van der Waals surface area (Å²) in [5.74, 6) is -2.29. The van der Waals surface area contributed by atoms with E-state index in [-0.39, 0.29) is 35.7 Å². The summed E-state index contributed by atoms with van der Waals surface area (Å²) < 4.78 is 62.4. The fourth-order valence-corrected chi connectivity index (χ4v) is 5.30. The summed E-state index contributed by atoms with van der Waals surface area (Å²) in [4.78, 5) is 6.57. The van der Waals surface area contributed by atoms with E-state index in [1.54, 1.807) is 0 Å². The van der Waals surface area contributed by atoms with Crippen LogP contribution in [0.5, 0.6) is 5.75 Å². The minimum Gasteiger partial charge on any atom is -0.487 e. The van der Waals surface area contributed by atoms with Gasteiger partial charge < -0.3 is 10.5 Å². The van der Waals surface area contributed by atoms with Crippen LogP contribution in [-0.4, -0.2) is 37.2 Å². The highest BCUT2D eigenvalue weighted by molar-refractivity contribution is 7.92. The van der Waals surface area contributed by atoms with Crippen LogP contribution in [0.2, 0.25) is 0 Å². The van der Waals surface area contributed by atoms with Gasteiger partial charge in [-0.2, -0.15) is 0 Å². The molecule has 5 N–H and O–H groups in total. The molecule has 1 aromatic heterocycles. The summed E-state index contributed by atoms with van der Waals surface area (Å²) in [7, 11) is -4.39. The Morgan fingerprint density at radius 1 is 1.16 bits per heavy atom. The highest BCUT2D eigenvalue weighted by Gasteiger charge is 2.39. The van der Waals surface area contributed by atoms with Gasteiger partial charge in [-0.1, -0.05) is 6.42 Å². The van der Waals surface area contributed by atoms with Gasteiger partial charge in [0.2, 0.25) is 0 Å². The normalized spacial score (nSPS) is 26.5. The van der Waals surface area contributed by atoms with Crippen LogP contribution in [-0.2, 0) is 10.0 Å². The van der Waals surface area contributed by atoms with Gasteiger partial charge in [0.05, 0.1) is 6.17 Å². The fourth-order valence-electron chi connectivity index (χ4n) is 4.22. The number of ether oxygens (including phenoxy) is 1. The first-order valence-electron chi connectivity index (χ1n) is 10.0. The third-order valence-corrected chi connectivity index (χ3v) is 7.12. The first-order chi connectivity index (χ1) is 14.8. The molecule has 0 radical (unpaired) electrons. The lowest BCUT2D eigenvalue weighted by Crippen LogP contribution is -2.45. The molecule has 0 bridgehead atoms. The Kier molecular flexibility index (Phi) is 6.32. The molecule has 4 rings (SSSR count). The molecule has 1 saturated carbocycles. The van der Waals surface area contributed by atoms with E-state index >= 15 is 0 Å². The Bertz CT molecular complexity index is 1030. The van der Waals surface area contributed by atoms with Gasteiger partial charge in [0.15, 0.2) is 11.6 Å². The van der Waals surface area contributed by atoms with Crippen LogP contribution in [0.25, 0.3) is 0 Å². The van der Waals surface area contributed by atoms with E-state index in [2.05, 4.69) is 25.5 Å². The molecule has 12 heteroatoms. The number of nitrogens with one attached hydrogen (secondary N) is 3. The third kappa shape index (κ3) is 4.76. The molecule has 1 aromatic carbocycles. The monoisotopic (exact) mass is 454 g/mol. The lowest BCUT2D eigenvalue weighted by molar-refractivity contribution is 0.0527. The number of hydrogen-bond acceptors (Lipinski definition) is 8. The highest BCUT2D eigenvalue weighted by Crippen LogP contribution is 2.36. The molecule has 2 heterocycles. The molecule has 2 aliphatic rings. The maximum Gasteiger partial charge on any atom is 0.266 e. The number of sulfonamides is 1. The fraction of sp³-hybridized carbons (Fsp3) is 0.474. The summed E-state index contributed by atoms with van der Waals surface area (Å²) in [6, 6.07) is 2.70. The Hall–Kier alpha value is -2.41. The molecule has 168 valence electrons. The van der Waals surface area contributed by atoms with Crippen LogP contribution < -0.4 is 26.0 Å². The van der Waals surface area contributed by atoms with Gasteiger partial charge in [0.1, 0.15) is 29.0 Å². The van der Waals surface area contributed by atoms with Gasteiger partial charge in [-0.25, -0.2) is 32.6 Å². The van der Waals surface area contributed by atoms with Gasteiger partial charge in [-0.05, 0) is 25.3 Å². The quantitative estimate of drug-likeness (QED) is 0.517. The Labute approximate surface area is 178 Å². The second-order valence-electron chi connectivity index (χ2n) is 7.73. The van der Waals surface area contributed by atoms with Gasteiger partial charge in [-0.15, -0.1) is 0 Å². The topological polar surface area (TPSA) is 131 Å². The van der Waals surface area contributed by atoms with Crippen molar-refractivity contribution in [2.45, 2.75) is 42.8 Å². The zero-order valence-electron chi connectivity index (χ0n) is 16.6. The number of hydrogen-bond donors (Lipinski definition) is 4. The van der Waals surface area contributed by atoms with E-state index in [0.717, 1.165) is 31.7 Å². The van der Waals surface area contributed by atoms with E-state index in [1.807, 2.05) is 0 Å². The second kappa shape index (κ2) is 8.99. The maximum atomic E-state index is 14.8. The second-order valence-corrected chi connectivity index (χ2v) is 9.38. The molecule has 1 aliphatic carbocycles. The first kappa shape index (κ1) is 21.8. The van der Waals surface area contributed by atoms with Crippen molar-refractivity contribution in [3.8, 4) is 5.75 Å². The number of nitrogens with two attached hydrogens (primary N) is 1. The van der Waals surface area contributed by atoms with E-state index in [0.29, 0.717) is 19.0 Å². The van der Waals surface area contributed by atoms with Crippen LogP contribution in [0.15, 0.2) is 35.6 Å². The zero-order chi connectivity index (χ0) is 22.0. The average Bonchev–Trinajstić information content (AvgIpc) is 3.17. The molecule has 4 atom stereocenters.